The maximum atomic E-state index is 12.6. The molecule has 166 valence electrons. The van der Waals surface area contributed by atoms with Crippen molar-refractivity contribution in [2.75, 3.05) is 18.0 Å². The summed E-state index contributed by atoms with van der Waals surface area (Å²) in [7, 11) is -3.78. The van der Waals surface area contributed by atoms with Gasteiger partial charge in [-0.05, 0) is 37.3 Å². The van der Waals surface area contributed by atoms with Crippen LogP contribution in [0.4, 0.5) is 5.82 Å². The lowest BCUT2D eigenvalue weighted by Gasteiger charge is -2.33. The van der Waals surface area contributed by atoms with Gasteiger partial charge in [-0.15, -0.1) is 0 Å². The highest BCUT2D eigenvalue weighted by molar-refractivity contribution is 7.89. The molecule has 0 radical (unpaired) electrons. The summed E-state index contributed by atoms with van der Waals surface area (Å²) < 4.78 is 26.9. The molecule has 2 aromatic rings. The Morgan fingerprint density at radius 3 is 2.59 bits per heavy atom. The van der Waals surface area contributed by atoms with Crippen molar-refractivity contribution in [1.82, 2.24) is 9.71 Å². The van der Waals surface area contributed by atoms with Gasteiger partial charge in [-0.3, -0.25) is 14.3 Å². The molecule has 1 aliphatic carbocycles. The van der Waals surface area contributed by atoms with Crippen molar-refractivity contribution in [3.05, 3.63) is 58.8 Å². The third-order valence-corrected chi connectivity index (χ3v) is 7.17. The van der Waals surface area contributed by atoms with Crippen LogP contribution in [0.15, 0.2) is 36.4 Å². The molecule has 9 heteroatoms. The van der Waals surface area contributed by atoms with Crippen LogP contribution in [0.5, 0.6) is 0 Å². The number of hydrogen-bond acceptors (Lipinski definition) is 7. The first-order chi connectivity index (χ1) is 15.4. The number of nitrogens with one attached hydrogen (secondary N) is 1. The summed E-state index contributed by atoms with van der Waals surface area (Å²) in [5.74, 6) is -0.612. The lowest BCUT2D eigenvalue weighted by Crippen LogP contribution is -2.43. The highest BCUT2D eigenvalue weighted by Crippen LogP contribution is 2.29. The summed E-state index contributed by atoms with van der Waals surface area (Å²) in [5.41, 5.74) is 2.23. The van der Waals surface area contributed by atoms with Crippen molar-refractivity contribution in [2.24, 2.45) is 5.92 Å². The second-order valence-corrected chi connectivity index (χ2v) is 9.94. The summed E-state index contributed by atoms with van der Waals surface area (Å²) in [5, 5.41) is 9.57. The molecule has 4 rings (SSSR count). The lowest BCUT2D eigenvalue weighted by molar-refractivity contribution is -0.123. The van der Waals surface area contributed by atoms with Crippen LogP contribution >= 0.6 is 0 Å². The van der Waals surface area contributed by atoms with Gasteiger partial charge in [-0.25, -0.2) is 13.4 Å². The van der Waals surface area contributed by atoms with Crippen molar-refractivity contribution < 1.29 is 18.0 Å². The number of pyridine rings is 1. The van der Waals surface area contributed by atoms with Crippen LogP contribution < -0.4 is 9.62 Å². The number of carbonyl (C=O) groups excluding carboxylic acids is 2. The van der Waals surface area contributed by atoms with E-state index < -0.39 is 21.8 Å². The molecule has 1 aliphatic heterocycles. The fourth-order valence-electron chi connectivity index (χ4n) is 4.27. The molecule has 8 nitrogen and oxygen atoms in total. The van der Waals surface area contributed by atoms with Crippen LogP contribution in [0.3, 0.4) is 0 Å². The molecular weight excluding hydrogens is 428 g/mol. The zero-order valence-corrected chi connectivity index (χ0v) is 18.4. The molecule has 1 fully saturated rings. The molecule has 0 saturated carbocycles. The lowest BCUT2D eigenvalue weighted by atomic mass is 9.92. The van der Waals surface area contributed by atoms with E-state index in [-0.39, 0.29) is 11.5 Å². The van der Waals surface area contributed by atoms with E-state index in [0.29, 0.717) is 61.3 Å². The molecule has 0 spiro atoms. The minimum Gasteiger partial charge on any atom is -0.355 e. The Morgan fingerprint density at radius 1 is 1.19 bits per heavy atom. The summed E-state index contributed by atoms with van der Waals surface area (Å²) in [6, 6.07) is 12.5. The van der Waals surface area contributed by atoms with Gasteiger partial charge in [0.25, 0.3) is 0 Å². The van der Waals surface area contributed by atoms with Crippen LogP contribution in [0.2, 0.25) is 0 Å². The topological polar surface area (TPSA) is 120 Å². The predicted octanol–water partition coefficient (Wildman–Crippen LogP) is 2.33. The number of rotatable bonds is 5. The fourth-order valence-corrected chi connectivity index (χ4v) is 5.44. The number of nitrogens with zero attached hydrogens (tertiary/aromatic N) is 3. The second-order valence-electron chi connectivity index (χ2n) is 8.21. The highest BCUT2D eigenvalue weighted by Gasteiger charge is 2.30. The van der Waals surface area contributed by atoms with Crippen molar-refractivity contribution in [2.45, 2.75) is 37.9 Å². The zero-order valence-electron chi connectivity index (χ0n) is 17.6. The van der Waals surface area contributed by atoms with E-state index in [1.165, 1.54) is 0 Å². The van der Waals surface area contributed by atoms with Crippen LogP contribution in [-0.4, -0.2) is 38.2 Å². The minimum absolute atomic E-state index is 0.0221. The van der Waals surface area contributed by atoms with Crippen molar-refractivity contribution >= 4 is 27.5 Å². The SMILES string of the molecule is N#Cc1cc2c(nc1N1CCC(C(=O)NS(=O)(=O)Cc3ccccc3)CC1)CCCC2=O. The summed E-state index contributed by atoms with van der Waals surface area (Å²) in [6.45, 7) is 0.955. The highest BCUT2D eigenvalue weighted by atomic mass is 32.2. The number of Topliss-reactive ketones (excluding diaryl/α,β-unsaturated/α-hetero) is 1. The number of nitriles is 1. The van der Waals surface area contributed by atoms with Gasteiger partial charge < -0.3 is 4.90 Å². The minimum atomic E-state index is -3.78. The number of fused-ring (bicyclic) bond motifs is 1. The van der Waals surface area contributed by atoms with Crippen LogP contribution in [0, 0.1) is 17.2 Å². The molecule has 1 aromatic heterocycles. The Kier molecular flexibility index (Phi) is 6.24. The van der Waals surface area contributed by atoms with E-state index in [1.807, 2.05) is 4.90 Å². The number of sulfonamides is 1. The van der Waals surface area contributed by atoms with Gasteiger partial charge in [0.15, 0.2) is 5.78 Å². The molecule has 2 heterocycles. The molecule has 0 bridgehead atoms. The van der Waals surface area contributed by atoms with Crippen LogP contribution in [0.25, 0.3) is 0 Å². The first kappa shape index (κ1) is 22.0. The van der Waals surface area contributed by atoms with Gasteiger partial charge in [-0.2, -0.15) is 5.26 Å². The van der Waals surface area contributed by atoms with Gasteiger partial charge in [0.2, 0.25) is 15.9 Å². The van der Waals surface area contributed by atoms with Gasteiger partial charge in [-0.1, -0.05) is 30.3 Å². The largest absolute Gasteiger partial charge is 0.355 e. The zero-order chi connectivity index (χ0) is 22.7. The van der Waals surface area contributed by atoms with Crippen LogP contribution in [0.1, 0.15) is 52.9 Å². The Hall–Kier alpha value is -3.25. The number of anilines is 1. The summed E-state index contributed by atoms with van der Waals surface area (Å²) in [4.78, 5) is 31.3. The third kappa shape index (κ3) is 4.81. The maximum absolute atomic E-state index is 12.6. The van der Waals surface area contributed by atoms with E-state index in [2.05, 4.69) is 15.8 Å². The smallest absolute Gasteiger partial charge is 0.239 e. The summed E-state index contributed by atoms with van der Waals surface area (Å²) >= 11 is 0. The van der Waals surface area contributed by atoms with Gasteiger partial charge in [0.1, 0.15) is 11.9 Å². The number of ketones is 1. The molecule has 2 aliphatic rings. The molecule has 1 amide bonds. The van der Waals surface area contributed by atoms with Crippen LogP contribution in [-0.2, 0) is 27.0 Å². The number of aromatic nitrogens is 1. The Bertz CT molecular complexity index is 1180. The van der Waals surface area contributed by atoms with Gasteiger partial charge in [0.05, 0.1) is 17.0 Å². The van der Waals surface area contributed by atoms with E-state index in [9.17, 15) is 23.3 Å². The maximum Gasteiger partial charge on any atom is 0.239 e. The molecule has 1 saturated heterocycles. The standard InChI is InChI=1S/C23H24N4O4S/c24-14-18-13-19-20(7-4-8-21(19)28)25-22(18)27-11-9-17(10-12-27)23(29)26-32(30,31)15-16-5-2-1-3-6-16/h1-3,5-6,13,17H,4,7-12,15H2,(H,26,29). The molecule has 1 N–H and O–H groups in total. The van der Waals surface area contributed by atoms with Gasteiger partial charge in [0, 0.05) is 31.0 Å². The third-order valence-electron chi connectivity index (χ3n) is 5.94. The molecular formula is C23H24N4O4S. The Balaban J connectivity index is 1.40. The number of carbonyl (C=O) groups is 2. The van der Waals surface area contributed by atoms with Crippen molar-refractivity contribution in [1.29, 1.82) is 5.26 Å². The van der Waals surface area contributed by atoms with E-state index in [1.54, 1.807) is 36.4 Å². The first-order valence-corrected chi connectivity index (χ1v) is 12.3. The number of aryl methyl sites for hydroxylation is 1. The van der Waals surface area contributed by atoms with Crippen molar-refractivity contribution in [3.8, 4) is 6.07 Å². The molecule has 1 aromatic carbocycles. The number of amides is 1. The number of benzene rings is 1. The number of piperidine rings is 1. The van der Waals surface area contributed by atoms with Gasteiger partial charge >= 0.3 is 0 Å². The fraction of sp³-hybridized carbons (Fsp3) is 0.391. The normalized spacial score (nSPS) is 16.8. The van der Waals surface area contributed by atoms with E-state index >= 15 is 0 Å². The summed E-state index contributed by atoms with van der Waals surface area (Å²) in [6.07, 6.45) is 2.85. The Labute approximate surface area is 187 Å². The van der Waals surface area contributed by atoms with E-state index in [0.717, 1.165) is 12.1 Å². The monoisotopic (exact) mass is 452 g/mol. The second kappa shape index (κ2) is 9.09. The van der Waals surface area contributed by atoms with E-state index in [4.69, 9.17) is 0 Å². The van der Waals surface area contributed by atoms with Crippen molar-refractivity contribution in [3.63, 3.8) is 0 Å². The molecule has 0 atom stereocenters. The average molecular weight is 453 g/mol. The molecule has 0 unspecified atom stereocenters. The molecule has 32 heavy (non-hydrogen) atoms. The average Bonchev–Trinajstić information content (AvgIpc) is 2.78. The predicted molar refractivity (Wildman–Crippen MR) is 118 cm³/mol. The number of hydrogen-bond donors (Lipinski definition) is 1. The quantitative estimate of drug-likeness (QED) is 0.739. The first-order valence-electron chi connectivity index (χ1n) is 10.7. The Morgan fingerprint density at radius 2 is 1.91 bits per heavy atom.